The van der Waals surface area contributed by atoms with Gasteiger partial charge in [-0.3, -0.25) is 9.80 Å². The zero-order valence-corrected chi connectivity index (χ0v) is 7.49. The lowest BCUT2D eigenvalue weighted by atomic mass is 10.2. The molecule has 1 amide bonds. The van der Waals surface area contributed by atoms with Crippen molar-refractivity contribution in [2.45, 2.75) is 19.8 Å². The topological polar surface area (TPSA) is 43.8 Å². The van der Waals surface area contributed by atoms with Crippen molar-refractivity contribution in [2.75, 3.05) is 26.2 Å². The van der Waals surface area contributed by atoms with Gasteiger partial charge in [-0.05, 0) is 6.42 Å². The Kier molecular flexibility index (Phi) is 3.49. The molecular weight excluding hydrogens is 156 g/mol. The van der Waals surface area contributed by atoms with E-state index in [0.29, 0.717) is 13.0 Å². The average molecular weight is 172 g/mol. The van der Waals surface area contributed by atoms with Gasteiger partial charge in [0.15, 0.2) is 0 Å². The third-order valence-corrected chi connectivity index (χ3v) is 2.11. The zero-order chi connectivity index (χ0) is 8.97. The maximum absolute atomic E-state index is 11.3. The van der Waals surface area contributed by atoms with Crippen LogP contribution in [-0.2, 0) is 4.79 Å². The molecule has 0 saturated carbocycles. The van der Waals surface area contributed by atoms with E-state index in [-0.39, 0.29) is 12.5 Å². The Morgan fingerprint density at radius 2 is 2.33 bits per heavy atom. The van der Waals surface area contributed by atoms with Gasteiger partial charge < -0.3 is 5.11 Å². The van der Waals surface area contributed by atoms with Crippen molar-refractivity contribution in [3.63, 3.8) is 0 Å². The predicted octanol–water partition coefficient (Wildman–Crippen LogP) is -0.162. The summed E-state index contributed by atoms with van der Waals surface area (Å²) in [5.74, 6) is 0.136. The Morgan fingerprint density at radius 3 is 2.92 bits per heavy atom. The van der Waals surface area contributed by atoms with Crippen molar-refractivity contribution in [3.05, 3.63) is 0 Å². The lowest BCUT2D eigenvalue weighted by Gasteiger charge is -2.37. The highest BCUT2D eigenvalue weighted by atomic mass is 16.3. The molecule has 1 fully saturated rings. The van der Waals surface area contributed by atoms with Crippen LogP contribution in [0.3, 0.4) is 0 Å². The fraction of sp³-hybridized carbons (Fsp3) is 0.875. The third kappa shape index (κ3) is 1.95. The largest absolute Gasteiger partial charge is 0.394 e. The maximum atomic E-state index is 11.3. The molecule has 4 nitrogen and oxygen atoms in total. The molecule has 4 heteroatoms. The Hall–Kier alpha value is -0.610. The fourth-order valence-corrected chi connectivity index (χ4v) is 1.51. The summed E-state index contributed by atoms with van der Waals surface area (Å²) >= 11 is 0. The Labute approximate surface area is 72.7 Å². The summed E-state index contributed by atoms with van der Waals surface area (Å²) in [6.45, 7) is 4.27. The van der Waals surface area contributed by atoms with Crippen LogP contribution in [0.1, 0.15) is 19.8 Å². The summed E-state index contributed by atoms with van der Waals surface area (Å²) in [5.41, 5.74) is 0. The monoisotopic (exact) mass is 172 g/mol. The van der Waals surface area contributed by atoms with Gasteiger partial charge in [0, 0.05) is 19.5 Å². The van der Waals surface area contributed by atoms with Crippen molar-refractivity contribution in [3.8, 4) is 0 Å². The van der Waals surface area contributed by atoms with Crippen LogP contribution in [0.5, 0.6) is 0 Å². The number of β-amino-alcohol motifs (C(OH)–C–C–N with tert-alkyl or cyclic N) is 1. The van der Waals surface area contributed by atoms with Crippen LogP contribution < -0.4 is 0 Å². The van der Waals surface area contributed by atoms with E-state index < -0.39 is 0 Å². The highest BCUT2D eigenvalue weighted by Crippen LogP contribution is 2.10. The first-order valence-corrected chi connectivity index (χ1v) is 4.45. The van der Waals surface area contributed by atoms with E-state index in [1.54, 1.807) is 5.01 Å². The van der Waals surface area contributed by atoms with Gasteiger partial charge in [0.25, 0.3) is 0 Å². The summed E-state index contributed by atoms with van der Waals surface area (Å²) in [5, 5.41) is 12.4. The van der Waals surface area contributed by atoms with Crippen molar-refractivity contribution < 1.29 is 9.90 Å². The van der Waals surface area contributed by atoms with Crippen LogP contribution in [0.2, 0.25) is 0 Å². The first-order valence-electron chi connectivity index (χ1n) is 4.45. The number of hydrogen-bond acceptors (Lipinski definition) is 3. The Bertz CT molecular complexity index is 161. The molecule has 1 saturated heterocycles. The number of aliphatic hydroxyl groups is 1. The van der Waals surface area contributed by atoms with Gasteiger partial charge in [-0.25, -0.2) is 5.01 Å². The van der Waals surface area contributed by atoms with Crippen LogP contribution in [0.25, 0.3) is 0 Å². The Morgan fingerprint density at radius 1 is 1.58 bits per heavy atom. The van der Waals surface area contributed by atoms with Crippen LogP contribution in [0.15, 0.2) is 0 Å². The molecule has 0 unspecified atom stereocenters. The summed E-state index contributed by atoms with van der Waals surface area (Å²) in [6.07, 6.45) is 1.56. The van der Waals surface area contributed by atoms with E-state index in [1.165, 1.54) is 0 Å². The molecule has 70 valence electrons. The smallest absolute Gasteiger partial charge is 0.236 e. The molecule has 0 aromatic carbocycles. The number of hydrazine groups is 1. The van der Waals surface area contributed by atoms with E-state index in [4.69, 9.17) is 5.11 Å². The van der Waals surface area contributed by atoms with Gasteiger partial charge in [-0.15, -0.1) is 0 Å². The number of carbonyl (C=O) groups excluding carboxylic acids is 1. The summed E-state index contributed by atoms with van der Waals surface area (Å²) in [4.78, 5) is 11.3. The number of nitrogens with zero attached hydrogens (tertiary/aromatic N) is 2. The van der Waals surface area contributed by atoms with Crippen molar-refractivity contribution in [1.82, 2.24) is 10.0 Å². The second-order valence-corrected chi connectivity index (χ2v) is 2.89. The molecule has 12 heavy (non-hydrogen) atoms. The minimum atomic E-state index is 0.0439. The molecule has 0 atom stereocenters. The molecule has 1 N–H and O–H groups in total. The molecule has 0 aromatic heterocycles. The van der Waals surface area contributed by atoms with Gasteiger partial charge in [0.2, 0.25) is 5.91 Å². The number of amides is 1. The first kappa shape index (κ1) is 9.48. The molecule has 1 rings (SSSR count). The molecule has 0 aliphatic carbocycles. The molecule has 1 heterocycles. The SMILES string of the molecule is CCN1CCCC(=O)N1CCO. The molecule has 1 aliphatic rings. The van der Waals surface area contributed by atoms with Crippen molar-refractivity contribution in [1.29, 1.82) is 0 Å². The molecular formula is C8H16N2O2. The van der Waals surface area contributed by atoms with Crippen molar-refractivity contribution in [2.24, 2.45) is 0 Å². The maximum Gasteiger partial charge on any atom is 0.236 e. The summed E-state index contributed by atoms with van der Waals surface area (Å²) in [7, 11) is 0. The summed E-state index contributed by atoms with van der Waals surface area (Å²) < 4.78 is 0. The highest BCUT2D eigenvalue weighted by Gasteiger charge is 2.23. The van der Waals surface area contributed by atoms with Gasteiger partial charge in [0.05, 0.1) is 13.2 Å². The van der Waals surface area contributed by atoms with Crippen LogP contribution in [-0.4, -0.2) is 47.3 Å². The zero-order valence-electron chi connectivity index (χ0n) is 7.49. The van der Waals surface area contributed by atoms with Crippen molar-refractivity contribution >= 4 is 5.91 Å². The quantitative estimate of drug-likeness (QED) is 0.643. The number of aliphatic hydroxyl groups excluding tert-OH is 1. The van der Waals surface area contributed by atoms with E-state index in [2.05, 4.69) is 0 Å². The van der Waals surface area contributed by atoms with Gasteiger partial charge in [0.1, 0.15) is 0 Å². The van der Waals surface area contributed by atoms with Gasteiger partial charge in [-0.2, -0.15) is 0 Å². The Balaban J connectivity index is 2.53. The lowest BCUT2D eigenvalue weighted by molar-refractivity contribution is -0.156. The van der Waals surface area contributed by atoms with E-state index in [1.807, 2.05) is 11.9 Å². The molecule has 0 bridgehead atoms. The molecule has 0 aromatic rings. The van der Waals surface area contributed by atoms with E-state index in [9.17, 15) is 4.79 Å². The molecule has 1 aliphatic heterocycles. The normalized spacial score (nSPS) is 20.2. The van der Waals surface area contributed by atoms with Crippen LogP contribution in [0, 0.1) is 0 Å². The standard InChI is InChI=1S/C8H16N2O2/c1-2-9-5-3-4-8(12)10(9)6-7-11/h11H,2-7H2,1H3. The first-order chi connectivity index (χ1) is 5.79. The third-order valence-electron chi connectivity index (χ3n) is 2.11. The number of rotatable bonds is 3. The average Bonchev–Trinajstić information content (AvgIpc) is 2.09. The highest BCUT2D eigenvalue weighted by molar-refractivity contribution is 5.76. The number of carbonyl (C=O) groups is 1. The molecule has 0 radical (unpaired) electrons. The minimum absolute atomic E-state index is 0.0439. The van der Waals surface area contributed by atoms with Gasteiger partial charge >= 0.3 is 0 Å². The second-order valence-electron chi connectivity index (χ2n) is 2.89. The van der Waals surface area contributed by atoms with Crippen LogP contribution in [0.4, 0.5) is 0 Å². The van der Waals surface area contributed by atoms with E-state index in [0.717, 1.165) is 19.5 Å². The second kappa shape index (κ2) is 4.42. The van der Waals surface area contributed by atoms with Crippen LogP contribution >= 0.6 is 0 Å². The van der Waals surface area contributed by atoms with Gasteiger partial charge in [-0.1, -0.05) is 6.92 Å². The fourth-order valence-electron chi connectivity index (χ4n) is 1.51. The summed E-state index contributed by atoms with van der Waals surface area (Å²) in [6, 6.07) is 0. The predicted molar refractivity (Wildman–Crippen MR) is 45.3 cm³/mol. The lowest BCUT2D eigenvalue weighted by Crippen LogP contribution is -2.51. The number of hydrogen-bond donors (Lipinski definition) is 1. The molecule has 0 spiro atoms. The van der Waals surface area contributed by atoms with E-state index >= 15 is 0 Å². The minimum Gasteiger partial charge on any atom is -0.394 e.